The molecule has 0 aliphatic heterocycles. The van der Waals surface area contributed by atoms with Gasteiger partial charge >= 0.3 is 0 Å². The van der Waals surface area contributed by atoms with E-state index in [1.54, 1.807) is 6.07 Å². The Balaban J connectivity index is 2.02. The Hall–Kier alpha value is -1.84. The summed E-state index contributed by atoms with van der Waals surface area (Å²) in [7, 11) is 0. The van der Waals surface area contributed by atoms with E-state index in [4.69, 9.17) is 11.6 Å². The maximum atomic E-state index is 10.4. The number of pyridine rings is 1. The summed E-state index contributed by atoms with van der Waals surface area (Å²) in [5.74, 6) is 0. The maximum Gasteiger partial charge on any atom is 0.137 e. The van der Waals surface area contributed by atoms with Crippen molar-refractivity contribution in [2.75, 3.05) is 0 Å². The first-order valence-corrected chi connectivity index (χ1v) is 6.41. The molecule has 1 aromatic carbocycles. The molecule has 2 aromatic heterocycles. The molecule has 0 amide bonds. The molecule has 0 saturated carbocycles. The normalized spacial score (nSPS) is 12.8. The Bertz CT molecular complexity index is 703. The van der Waals surface area contributed by atoms with Gasteiger partial charge in [0, 0.05) is 17.4 Å². The largest absolute Gasteiger partial charge is 0.382 e. The molecule has 0 fully saturated rings. The minimum Gasteiger partial charge on any atom is -0.382 e. The molecule has 0 aliphatic rings. The van der Waals surface area contributed by atoms with Crippen molar-refractivity contribution in [2.45, 2.75) is 13.0 Å². The van der Waals surface area contributed by atoms with Crippen molar-refractivity contribution < 1.29 is 5.11 Å². The number of fused-ring (bicyclic) bond motifs is 1. The van der Waals surface area contributed by atoms with Crippen LogP contribution in [-0.4, -0.2) is 14.5 Å². The van der Waals surface area contributed by atoms with E-state index in [0.29, 0.717) is 10.7 Å². The van der Waals surface area contributed by atoms with Gasteiger partial charge in [0.05, 0.1) is 5.69 Å². The van der Waals surface area contributed by atoms with Crippen LogP contribution in [0, 0.1) is 6.92 Å². The van der Waals surface area contributed by atoms with Crippen LogP contribution in [0.5, 0.6) is 0 Å². The molecule has 1 unspecified atom stereocenters. The van der Waals surface area contributed by atoms with E-state index in [2.05, 4.69) is 4.98 Å². The van der Waals surface area contributed by atoms with E-state index in [9.17, 15) is 5.11 Å². The van der Waals surface area contributed by atoms with Crippen molar-refractivity contribution in [1.29, 1.82) is 0 Å². The highest BCUT2D eigenvalue weighted by Crippen LogP contribution is 2.25. The van der Waals surface area contributed by atoms with E-state index < -0.39 is 6.10 Å². The van der Waals surface area contributed by atoms with Gasteiger partial charge < -0.3 is 9.51 Å². The molecule has 0 spiro atoms. The summed E-state index contributed by atoms with van der Waals surface area (Å²) in [5, 5.41) is 11.0. The second-order valence-electron chi connectivity index (χ2n) is 4.54. The first-order chi connectivity index (χ1) is 9.15. The summed E-state index contributed by atoms with van der Waals surface area (Å²) in [6, 6.07) is 11.3. The second-order valence-corrected chi connectivity index (χ2v) is 4.95. The van der Waals surface area contributed by atoms with Crippen LogP contribution in [-0.2, 0) is 0 Å². The van der Waals surface area contributed by atoms with Crippen LogP contribution in [0.25, 0.3) is 5.65 Å². The number of benzene rings is 1. The summed E-state index contributed by atoms with van der Waals surface area (Å²) in [6.07, 6.45) is 2.96. The van der Waals surface area contributed by atoms with E-state index in [1.807, 2.05) is 54.0 Å². The molecule has 1 atom stereocenters. The topological polar surface area (TPSA) is 37.5 Å². The smallest absolute Gasteiger partial charge is 0.137 e. The molecule has 3 aromatic rings. The Kier molecular flexibility index (Phi) is 3.01. The van der Waals surface area contributed by atoms with Gasteiger partial charge in [-0.2, -0.15) is 0 Å². The van der Waals surface area contributed by atoms with Gasteiger partial charge in [-0.15, -0.1) is 0 Å². The predicted molar refractivity (Wildman–Crippen MR) is 75.4 cm³/mol. The van der Waals surface area contributed by atoms with Crippen LogP contribution in [0.3, 0.4) is 0 Å². The molecule has 0 saturated heterocycles. The van der Waals surface area contributed by atoms with Crippen LogP contribution >= 0.6 is 11.6 Å². The van der Waals surface area contributed by atoms with Gasteiger partial charge in [0.15, 0.2) is 0 Å². The zero-order valence-electron chi connectivity index (χ0n) is 10.4. The average molecular weight is 273 g/mol. The van der Waals surface area contributed by atoms with Crippen molar-refractivity contribution >= 4 is 17.2 Å². The molecular formula is C15H13ClN2O. The molecule has 96 valence electrons. The highest BCUT2D eigenvalue weighted by Gasteiger charge is 2.15. The Labute approximate surface area is 116 Å². The number of nitrogens with zero attached hydrogens (tertiary/aromatic N) is 2. The van der Waals surface area contributed by atoms with Gasteiger partial charge in [-0.1, -0.05) is 29.8 Å². The predicted octanol–water partition coefficient (Wildman–Crippen LogP) is 3.38. The fourth-order valence-corrected chi connectivity index (χ4v) is 2.22. The first-order valence-electron chi connectivity index (χ1n) is 6.03. The van der Waals surface area contributed by atoms with Crippen LogP contribution in [0.4, 0.5) is 0 Å². The number of aliphatic hydroxyl groups is 1. The number of aliphatic hydroxyl groups excluding tert-OH is 1. The number of hydrogen-bond donors (Lipinski definition) is 1. The first kappa shape index (κ1) is 12.2. The lowest BCUT2D eigenvalue weighted by Gasteiger charge is -2.09. The van der Waals surface area contributed by atoms with E-state index in [1.165, 1.54) is 0 Å². The molecule has 19 heavy (non-hydrogen) atoms. The molecule has 0 bridgehead atoms. The minimum absolute atomic E-state index is 0.617. The van der Waals surface area contributed by atoms with Gasteiger partial charge in [0.2, 0.25) is 0 Å². The molecule has 1 N–H and O–H groups in total. The van der Waals surface area contributed by atoms with Crippen LogP contribution in [0.1, 0.15) is 22.9 Å². The third-order valence-electron chi connectivity index (χ3n) is 3.17. The SMILES string of the molecule is Cc1ccc(C(O)c2cn3ccccc3n2)cc1Cl. The lowest BCUT2D eigenvalue weighted by atomic mass is 10.1. The van der Waals surface area contributed by atoms with E-state index >= 15 is 0 Å². The number of halogens is 1. The molecule has 4 heteroatoms. The standard InChI is InChI=1S/C15H13ClN2O/c1-10-5-6-11(8-12(10)16)15(19)13-9-18-7-3-2-4-14(18)17-13/h2-9,15,19H,1H3. The number of aryl methyl sites for hydroxylation is 1. The van der Waals surface area contributed by atoms with Crippen LogP contribution in [0.2, 0.25) is 5.02 Å². The van der Waals surface area contributed by atoms with Crippen LogP contribution in [0.15, 0.2) is 48.8 Å². The molecule has 0 aliphatic carbocycles. The molecule has 0 radical (unpaired) electrons. The van der Waals surface area contributed by atoms with Crippen molar-refractivity contribution in [1.82, 2.24) is 9.38 Å². The number of rotatable bonds is 2. The van der Waals surface area contributed by atoms with Gasteiger partial charge in [-0.25, -0.2) is 4.98 Å². The van der Waals surface area contributed by atoms with Crippen molar-refractivity contribution in [3.05, 3.63) is 70.6 Å². The molecule has 3 rings (SSSR count). The van der Waals surface area contributed by atoms with Gasteiger partial charge in [0.1, 0.15) is 11.8 Å². The van der Waals surface area contributed by atoms with Gasteiger partial charge in [0.25, 0.3) is 0 Å². The van der Waals surface area contributed by atoms with Crippen LogP contribution < -0.4 is 0 Å². The summed E-state index contributed by atoms with van der Waals surface area (Å²) >= 11 is 6.09. The lowest BCUT2D eigenvalue weighted by Crippen LogP contribution is -2.00. The van der Waals surface area contributed by atoms with Crippen molar-refractivity contribution in [3.63, 3.8) is 0 Å². The summed E-state index contributed by atoms with van der Waals surface area (Å²) in [4.78, 5) is 4.41. The minimum atomic E-state index is -0.766. The fraction of sp³-hybridized carbons (Fsp3) is 0.133. The third kappa shape index (κ3) is 2.23. The van der Waals surface area contributed by atoms with E-state index in [-0.39, 0.29) is 0 Å². The number of imidazole rings is 1. The summed E-state index contributed by atoms with van der Waals surface area (Å²) < 4.78 is 1.88. The average Bonchev–Trinajstić information content (AvgIpc) is 2.85. The van der Waals surface area contributed by atoms with Gasteiger partial charge in [-0.3, -0.25) is 0 Å². The second kappa shape index (κ2) is 4.68. The summed E-state index contributed by atoms with van der Waals surface area (Å²) in [6.45, 7) is 1.93. The van der Waals surface area contributed by atoms with Crippen molar-refractivity contribution in [3.8, 4) is 0 Å². The maximum absolute atomic E-state index is 10.4. The Morgan fingerprint density at radius 1 is 1.26 bits per heavy atom. The Morgan fingerprint density at radius 3 is 2.84 bits per heavy atom. The quantitative estimate of drug-likeness (QED) is 0.777. The van der Waals surface area contributed by atoms with Crippen molar-refractivity contribution in [2.24, 2.45) is 0 Å². The zero-order valence-corrected chi connectivity index (χ0v) is 11.2. The number of hydrogen-bond acceptors (Lipinski definition) is 2. The monoisotopic (exact) mass is 272 g/mol. The highest BCUT2D eigenvalue weighted by atomic mass is 35.5. The number of aromatic nitrogens is 2. The fourth-order valence-electron chi connectivity index (χ4n) is 2.04. The zero-order chi connectivity index (χ0) is 13.4. The third-order valence-corrected chi connectivity index (χ3v) is 3.58. The Morgan fingerprint density at radius 2 is 2.11 bits per heavy atom. The van der Waals surface area contributed by atoms with E-state index in [0.717, 1.165) is 16.8 Å². The van der Waals surface area contributed by atoms with Gasteiger partial charge in [-0.05, 0) is 36.2 Å². The molecular weight excluding hydrogens is 260 g/mol. The lowest BCUT2D eigenvalue weighted by molar-refractivity contribution is 0.216. The molecule has 2 heterocycles. The molecule has 3 nitrogen and oxygen atoms in total. The highest BCUT2D eigenvalue weighted by molar-refractivity contribution is 6.31. The summed E-state index contributed by atoms with van der Waals surface area (Å²) in [5.41, 5.74) is 3.17.